The Bertz CT molecular complexity index is 490. The summed E-state index contributed by atoms with van der Waals surface area (Å²) in [6, 6.07) is 2.07. The molecule has 2 N–H and O–H groups in total. The normalized spacial score (nSPS) is 20.2. The minimum atomic E-state index is 0.218. The van der Waals surface area contributed by atoms with Gasteiger partial charge in [-0.2, -0.15) is 0 Å². The monoisotopic (exact) mass is 279 g/mol. The molecule has 0 aliphatic carbocycles. The molecule has 1 aliphatic heterocycles. The molecule has 1 fully saturated rings. The third-order valence-corrected chi connectivity index (χ3v) is 3.55. The summed E-state index contributed by atoms with van der Waals surface area (Å²) in [6.45, 7) is 8.68. The lowest BCUT2D eigenvalue weighted by molar-refractivity contribution is 0.0821. The zero-order valence-electron chi connectivity index (χ0n) is 11.8. The van der Waals surface area contributed by atoms with Crippen LogP contribution in [0.2, 0.25) is 0 Å². The molecule has 4 nitrogen and oxygen atoms in total. The lowest BCUT2D eigenvalue weighted by atomic mass is 10.1. The van der Waals surface area contributed by atoms with Gasteiger partial charge in [-0.15, -0.1) is 0 Å². The molecule has 1 aliphatic rings. The summed E-state index contributed by atoms with van der Waals surface area (Å²) in [5.74, 6) is 0. The van der Waals surface area contributed by atoms with Crippen LogP contribution in [0.5, 0.6) is 0 Å². The molecule has 1 aromatic rings. The van der Waals surface area contributed by atoms with Gasteiger partial charge >= 0.3 is 0 Å². The maximum absolute atomic E-state index is 5.88. The molecule has 0 amide bonds. The second-order valence-electron chi connectivity index (χ2n) is 5.09. The number of hydrogen-bond acceptors (Lipinski definition) is 4. The van der Waals surface area contributed by atoms with Crippen molar-refractivity contribution in [2.75, 3.05) is 24.6 Å². The highest BCUT2D eigenvalue weighted by molar-refractivity contribution is 7.80. The quantitative estimate of drug-likeness (QED) is 0.839. The maximum atomic E-state index is 5.88. The van der Waals surface area contributed by atoms with E-state index in [1.807, 2.05) is 13.8 Å². The first-order valence-corrected chi connectivity index (χ1v) is 7.04. The van der Waals surface area contributed by atoms with Crippen LogP contribution < -0.4 is 10.6 Å². The summed E-state index contributed by atoms with van der Waals surface area (Å²) in [5.41, 5.74) is 9.76. The van der Waals surface area contributed by atoms with E-state index in [1.54, 1.807) is 0 Å². The number of ether oxygens (including phenoxy) is 1. The van der Waals surface area contributed by atoms with Gasteiger partial charge < -0.3 is 15.4 Å². The Morgan fingerprint density at radius 1 is 1.53 bits per heavy atom. The second-order valence-corrected chi connectivity index (χ2v) is 5.53. The Balaban J connectivity index is 2.44. The average molecular weight is 279 g/mol. The number of hydrogen-bond donors (Lipinski definition) is 1. The standard InChI is InChI=1S/C14H21N3OS/c1-9-7-12(13(14(15)19)11(3)16-9)17-5-4-6-18-10(2)8-17/h7,10H,4-6,8H2,1-3H3,(H2,15,19). The number of rotatable bonds is 2. The Morgan fingerprint density at radius 3 is 2.95 bits per heavy atom. The number of pyridine rings is 1. The van der Waals surface area contributed by atoms with Crippen molar-refractivity contribution in [3.63, 3.8) is 0 Å². The van der Waals surface area contributed by atoms with E-state index >= 15 is 0 Å². The minimum absolute atomic E-state index is 0.218. The van der Waals surface area contributed by atoms with Gasteiger partial charge in [-0.3, -0.25) is 4.98 Å². The molecule has 19 heavy (non-hydrogen) atoms. The number of thiocarbonyl (C=S) groups is 1. The number of aryl methyl sites for hydroxylation is 2. The zero-order chi connectivity index (χ0) is 14.0. The lowest BCUT2D eigenvalue weighted by Gasteiger charge is -2.27. The summed E-state index contributed by atoms with van der Waals surface area (Å²) in [4.78, 5) is 7.20. The smallest absolute Gasteiger partial charge is 0.107 e. The van der Waals surface area contributed by atoms with Crippen LogP contribution in [0.3, 0.4) is 0 Å². The predicted molar refractivity (Wildman–Crippen MR) is 81.8 cm³/mol. The largest absolute Gasteiger partial charge is 0.389 e. The fourth-order valence-corrected chi connectivity index (χ4v) is 2.83. The molecule has 0 spiro atoms. The molecule has 0 radical (unpaired) electrons. The number of nitrogens with zero attached hydrogens (tertiary/aromatic N) is 2. The molecule has 0 bridgehead atoms. The highest BCUT2D eigenvalue weighted by Crippen LogP contribution is 2.25. The van der Waals surface area contributed by atoms with Crippen LogP contribution >= 0.6 is 12.2 Å². The second kappa shape index (κ2) is 5.84. The van der Waals surface area contributed by atoms with Crippen LogP contribution in [0.15, 0.2) is 6.07 Å². The van der Waals surface area contributed by atoms with Crippen LogP contribution in [0.1, 0.15) is 30.3 Å². The molecule has 1 saturated heterocycles. The molecule has 2 heterocycles. The van der Waals surface area contributed by atoms with Crippen molar-refractivity contribution in [1.82, 2.24) is 4.98 Å². The lowest BCUT2D eigenvalue weighted by Crippen LogP contribution is -2.32. The molecule has 1 aromatic heterocycles. The first-order valence-electron chi connectivity index (χ1n) is 6.63. The van der Waals surface area contributed by atoms with Crippen molar-refractivity contribution in [2.24, 2.45) is 5.73 Å². The topological polar surface area (TPSA) is 51.4 Å². The van der Waals surface area contributed by atoms with E-state index in [9.17, 15) is 0 Å². The number of anilines is 1. The van der Waals surface area contributed by atoms with Crippen molar-refractivity contribution in [3.8, 4) is 0 Å². The molecule has 5 heteroatoms. The van der Waals surface area contributed by atoms with Crippen LogP contribution in [0.4, 0.5) is 5.69 Å². The Hall–Kier alpha value is -1.20. The Morgan fingerprint density at radius 2 is 2.26 bits per heavy atom. The summed E-state index contributed by atoms with van der Waals surface area (Å²) in [6.07, 6.45) is 1.23. The van der Waals surface area contributed by atoms with Crippen LogP contribution in [0, 0.1) is 13.8 Å². The van der Waals surface area contributed by atoms with E-state index in [4.69, 9.17) is 22.7 Å². The van der Waals surface area contributed by atoms with E-state index in [0.717, 1.165) is 48.8 Å². The van der Waals surface area contributed by atoms with Gasteiger partial charge in [0.15, 0.2) is 0 Å². The van der Waals surface area contributed by atoms with Gasteiger partial charge in [0.25, 0.3) is 0 Å². The fraction of sp³-hybridized carbons (Fsp3) is 0.571. The third-order valence-electron chi connectivity index (χ3n) is 3.35. The SMILES string of the molecule is Cc1cc(N2CCCOC(C)C2)c(C(N)=S)c(C)n1. The van der Waals surface area contributed by atoms with E-state index in [-0.39, 0.29) is 6.10 Å². The first kappa shape index (κ1) is 14.2. The fourth-order valence-electron chi connectivity index (χ4n) is 2.58. The van der Waals surface area contributed by atoms with E-state index in [0.29, 0.717) is 4.99 Å². The predicted octanol–water partition coefficient (Wildman–Crippen LogP) is 1.95. The zero-order valence-corrected chi connectivity index (χ0v) is 12.6. The van der Waals surface area contributed by atoms with Gasteiger partial charge in [0.1, 0.15) is 4.99 Å². The molecule has 1 atom stereocenters. The molecule has 0 saturated carbocycles. The van der Waals surface area contributed by atoms with E-state index in [2.05, 4.69) is 22.9 Å². The summed E-state index contributed by atoms with van der Waals surface area (Å²) in [7, 11) is 0. The molecule has 1 unspecified atom stereocenters. The highest BCUT2D eigenvalue weighted by atomic mass is 32.1. The highest BCUT2D eigenvalue weighted by Gasteiger charge is 2.20. The Kier molecular flexibility index (Phi) is 4.37. The van der Waals surface area contributed by atoms with Crippen molar-refractivity contribution in [2.45, 2.75) is 33.3 Å². The van der Waals surface area contributed by atoms with Gasteiger partial charge in [-0.25, -0.2) is 0 Å². The third kappa shape index (κ3) is 3.22. The van der Waals surface area contributed by atoms with Gasteiger partial charge in [0.05, 0.1) is 17.4 Å². The molecule has 104 valence electrons. The van der Waals surface area contributed by atoms with Crippen molar-refractivity contribution >= 4 is 22.9 Å². The maximum Gasteiger partial charge on any atom is 0.107 e. The van der Waals surface area contributed by atoms with Crippen molar-refractivity contribution in [3.05, 3.63) is 23.0 Å². The van der Waals surface area contributed by atoms with Crippen molar-refractivity contribution < 1.29 is 4.74 Å². The average Bonchev–Trinajstić information content (AvgIpc) is 2.52. The molecular weight excluding hydrogens is 258 g/mol. The van der Waals surface area contributed by atoms with Gasteiger partial charge in [-0.1, -0.05) is 12.2 Å². The van der Waals surface area contributed by atoms with E-state index < -0.39 is 0 Å². The summed E-state index contributed by atoms with van der Waals surface area (Å²) >= 11 is 5.19. The molecular formula is C14H21N3OS. The first-order chi connectivity index (χ1) is 8.99. The van der Waals surface area contributed by atoms with Crippen LogP contribution in [-0.4, -0.2) is 35.8 Å². The minimum Gasteiger partial charge on any atom is -0.389 e. The summed E-state index contributed by atoms with van der Waals surface area (Å²) in [5, 5.41) is 0. The summed E-state index contributed by atoms with van der Waals surface area (Å²) < 4.78 is 5.69. The van der Waals surface area contributed by atoms with Gasteiger partial charge in [0.2, 0.25) is 0 Å². The number of nitrogens with two attached hydrogens (primary N) is 1. The number of aromatic nitrogens is 1. The van der Waals surface area contributed by atoms with Crippen LogP contribution in [-0.2, 0) is 4.74 Å². The van der Waals surface area contributed by atoms with E-state index in [1.165, 1.54) is 0 Å². The Labute approximate surface area is 120 Å². The van der Waals surface area contributed by atoms with Gasteiger partial charge in [0, 0.05) is 31.1 Å². The van der Waals surface area contributed by atoms with Crippen molar-refractivity contribution in [1.29, 1.82) is 0 Å². The van der Waals surface area contributed by atoms with Crippen LogP contribution in [0.25, 0.3) is 0 Å². The van der Waals surface area contributed by atoms with Gasteiger partial charge in [-0.05, 0) is 33.3 Å². The molecule has 2 rings (SSSR count). The molecule has 0 aromatic carbocycles.